The first-order valence-electron chi connectivity index (χ1n) is 10.3. The largest absolute Gasteiger partial charge is 0.497 e. The van der Waals surface area contributed by atoms with E-state index in [2.05, 4.69) is 25.0 Å². The van der Waals surface area contributed by atoms with Crippen LogP contribution in [0.3, 0.4) is 0 Å². The fraction of sp³-hybridized carbons (Fsp3) is 0.409. The van der Waals surface area contributed by atoms with Gasteiger partial charge in [-0.1, -0.05) is 0 Å². The molecule has 1 aliphatic rings. The number of hydrogen-bond acceptors (Lipinski definition) is 7. The Hall–Kier alpha value is -3.33. The molecule has 0 spiro atoms. The highest BCUT2D eigenvalue weighted by molar-refractivity contribution is 5.91. The van der Waals surface area contributed by atoms with Crippen molar-refractivity contribution in [2.75, 3.05) is 27.3 Å². The molecule has 31 heavy (non-hydrogen) atoms. The predicted octanol–water partition coefficient (Wildman–Crippen LogP) is 2.44. The molecule has 1 atom stereocenters. The Kier molecular flexibility index (Phi) is 6.22. The molecule has 4 rings (SSSR count). The van der Waals surface area contributed by atoms with E-state index >= 15 is 0 Å². The number of amides is 1. The zero-order valence-corrected chi connectivity index (χ0v) is 18.0. The van der Waals surface area contributed by atoms with Crippen molar-refractivity contribution in [3.63, 3.8) is 0 Å². The van der Waals surface area contributed by atoms with E-state index in [9.17, 15) is 4.79 Å². The van der Waals surface area contributed by atoms with Crippen LogP contribution in [0, 0.1) is 0 Å². The van der Waals surface area contributed by atoms with Crippen LogP contribution in [0.5, 0.6) is 11.5 Å². The molecule has 0 saturated heterocycles. The van der Waals surface area contributed by atoms with Crippen molar-refractivity contribution >= 4 is 5.91 Å². The highest BCUT2D eigenvalue weighted by Gasteiger charge is 2.23. The van der Waals surface area contributed by atoms with Gasteiger partial charge in [-0.2, -0.15) is 0 Å². The minimum absolute atomic E-state index is 0.267. The van der Waals surface area contributed by atoms with E-state index in [-0.39, 0.29) is 17.7 Å². The number of nitrogens with zero attached hydrogens (tertiary/aromatic N) is 4. The zero-order chi connectivity index (χ0) is 21.8. The van der Waals surface area contributed by atoms with Crippen LogP contribution in [0.1, 0.15) is 40.7 Å². The van der Waals surface area contributed by atoms with E-state index in [1.165, 1.54) is 6.26 Å². The second-order valence-corrected chi connectivity index (χ2v) is 7.55. The molecule has 1 N–H and O–H groups in total. The summed E-state index contributed by atoms with van der Waals surface area (Å²) in [5.74, 6) is 3.26. The Balaban J connectivity index is 1.43. The number of nitrogens with one attached hydrogen (secondary N) is 1. The minimum Gasteiger partial charge on any atom is -0.497 e. The molecule has 0 radical (unpaired) electrons. The lowest BCUT2D eigenvalue weighted by Crippen LogP contribution is -2.30. The van der Waals surface area contributed by atoms with Crippen LogP contribution in [0.25, 0.3) is 0 Å². The van der Waals surface area contributed by atoms with Gasteiger partial charge < -0.3 is 23.8 Å². The van der Waals surface area contributed by atoms with Gasteiger partial charge in [0.1, 0.15) is 17.3 Å². The lowest BCUT2D eigenvalue weighted by atomic mass is 10.2. The number of ether oxygens (including phenoxy) is 2. The average Bonchev–Trinajstić information content (AvgIpc) is 3.42. The van der Waals surface area contributed by atoms with Crippen molar-refractivity contribution < 1.29 is 18.7 Å². The summed E-state index contributed by atoms with van der Waals surface area (Å²) in [4.78, 5) is 14.7. The van der Waals surface area contributed by atoms with E-state index in [1.807, 2.05) is 25.1 Å². The molecular formula is C22H27N5O4. The number of carbonyl (C=O) groups is 1. The summed E-state index contributed by atoms with van der Waals surface area (Å²) in [5.41, 5.74) is 1.13. The van der Waals surface area contributed by atoms with Crippen molar-refractivity contribution in [2.45, 2.75) is 32.5 Å². The number of carbonyl (C=O) groups excluding carboxylic acids is 1. The van der Waals surface area contributed by atoms with Crippen molar-refractivity contribution in [1.29, 1.82) is 0 Å². The first kappa shape index (κ1) is 20.9. The molecule has 0 aliphatic carbocycles. The van der Waals surface area contributed by atoms with Gasteiger partial charge in [0.05, 0.1) is 26.5 Å². The molecule has 1 amide bonds. The lowest BCUT2D eigenvalue weighted by Gasteiger charge is -2.21. The third kappa shape index (κ3) is 4.72. The summed E-state index contributed by atoms with van der Waals surface area (Å²) < 4.78 is 18.1. The monoisotopic (exact) mass is 425 g/mol. The maximum atomic E-state index is 12.3. The summed E-state index contributed by atoms with van der Waals surface area (Å²) in [6.45, 7) is 5.15. The maximum Gasteiger partial charge on any atom is 0.287 e. The number of aromatic nitrogens is 3. The third-order valence-electron chi connectivity index (χ3n) is 5.44. The molecule has 0 unspecified atom stereocenters. The van der Waals surface area contributed by atoms with E-state index in [0.717, 1.165) is 61.3 Å². The van der Waals surface area contributed by atoms with Gasteiger partial charge in [0.15, 0.2) is 11.6 Å². The van der Waals surface area contributed by atoms with Crippen molar-refractivity contribution in [3.05, 3.63) is 59.6 Å². The Morgan fingerprint density at radius 1 is 1.16 bits per heavy atom. The van der Waals surface area contributed by atoms with Crippen LogP contribution in [0.4, 0.5) is 0 Å². The molecule has 0 fully saturated rings. The van der Waals surface area contributed by atoms with Gasteiger partial charge in [-0.15, -0.1) is 10.2 Å². The van der Waals surface area contributed by atoms with E-state index in [4.69, 9.17) is 13.9 Å². The average molecular weight is 425 g/mol. The van der Waals surface area contributed by atoms with Gasteiger partial charge in [0, 0.05) is 38.7 Å². The van der Waals surface area contributed by atoms with Crippen LogP contribution in [-0.2, 0) is 19.5 Å². The molecule has 0 bridgehead atoms. The summed E-state index contributed by atoms with van der Waals surface area (Å²) in [5, 5.41) is 11.7. The van der Waals surface area contributed by atoms with E-state index in [0.29, 0.717) is 0 Å². The van der Waals surface area contributed by atoms with Crippen LogP contribution in [0.2, 0.25) is 0 Å². The fourth-order valence-corrected chi connectivity index (χ4v) is 3.82. The fourth-order valence-electron chi connectivity index (χ4n) is 3.82. The summed E-state index contributed by atoms with van der Waals surface area (Å²) >= 11 is 0. The highest BCUT2D eigenvalue weighted by atomic mass is 16.5. The zero-order valence-electron chi connectivity index (χ0n) is 18.0. The SMILES string of the molecule is COc1cc(CN2CCc3nnc([C@@H](C)NC(=O)c4ccco4)n3CC2)cc(OC)c1. The molecule has 1 aliphatic heterocycles. The second-order valence-electron chi connectivity index (χ2n) is 7.55. The van der Waals surface area contributed by atoms with Crippen molar-refractivity contribution in [1.82, 2.24) is 25.0 Å². The highest BCUT2D eigenvalue weighted by Crippen LogP contribution is 2.24. The Bertz CT molecular complexity index is 1010. The molecule has 9 heteroatoms. The van der Waals surface area contributed by atoms with Gasteiger partial charge in [0.2, 0.25) is 0 Å². The molecule has 9 nitrogen and oxygen atoms in total. The van der Waals surface area contributed by atoms with Gasteiger partial charge in [-0.3, -0.25) is 9.69 Å². The van der Waals surface area contributed by atoms with Gasteiger partial charge in [-0.05, 0) is 36.8 Å². The quantitative estimate of drug-likeness (QED) is 0.621. The number of rotatable bonds is 7. The van der Waals surface area contributed by atoms with Gasteiger partial charge in [0.25, 0.3) is 5.91 Å². The topological polar surface area (TPSA) is 94.6 Å². The van der Waals surface area contributed by atoms with Crippen LogP contribution < -0.4 is 14.8 Å². The predicted molar refractivity (Wildman–Crippen MR) is 113 cm³/mol. The minimum atomic E-state index is -0.284. The van der Waals surface area contributed by atoms with Crippen LogP contribution in [0.15, 0.2) is 41.0 Å². The number of furan rings is 1. The Labute approximate surface area is 181 Å². The molecule has 3 heterocycles. The molecule has 2 aromatic heterocycles. The second kappa shape index (κ2) is 9.22. The van der Waals surface area contributed by atoms with E-state index in [1.54, 1.807) is 26.4 Å². The first-order chi connectivity index (χ1) is 15.1. The normalized spacial score (nSPS) is 15.1. The molecule has 0 saturated carbocycles. The molecule has 3 aromatic rings. The smallest absolute Gasteiger partial charge is 0.287 e. The molecule has 164 valence electrons. The molecule has 1 aromatic carbocycles. The summed E-state index contributed by atoms with van der Waals surface area (Å²) in [7, 11) is 3.31. The van der Waals surface area contributed by atoms with Crippen LogP contribution >= 0.6 is 0 Å². The maximum absolute atomic E-state index is 12.3. The van der Waals surface area contributed by atoms with Crippen molar-refractivity contribution in [2.24, 2.45) is 0 Å². The lowest BCUT2D eigenvalue weighted by molar-refractivity contribution is 0.0909. The molecular weight excluding hydrogens is 398 g/mol. The van der Waals surface area contributed by atoms with E-state index < -0.39 is 0 Å². The number of benzene rings is 1. The standard InChI is InChI=1S/C22H27N5O4/c1-15(23-22(28)19-5-4-10-31-19)21-25-24-20-6-7-26(8-9-27(20)21)14-16-11-17(29-2)13-18(12-16)30-3/h4-5,10-13,15H,6-9,14H2,1-3H3,(H,23,28)/t15-/m1/s1. The van der Waals surface area contributed by atoms with Crippen LogP contribution in [-0.4, -0.2) is 52.9 Å². The van der Waals surface area contributed by atoms with Gasteiger partial charge in [-0.25, -0.2) is 0 Å². The summed E-state index contributed by atoms with van der Waals surface area (Å²) in [6.07, 6.45) is 2.27. The third-order valence-corrected chi connectivity index (χ3v) is 5.44. The number of methoxy groups -OCH3 is 2. The summed E-state index contributed by atoms with van der Waals surface area (Å²) in [6, 6.07) is 8.98. The number of fused-ring (bicyclic) bond motifs is 1. The van der Waals surface area contributed by atoms with Crippen molar-refractivity contribution in [3.8, 4) is 11.5 Å². The number of hydrogen-bond donors (Lipinski definition) is 1. The Morgan fingerprint density at radius 2 is 1.94 bits per heavy atom. The van der Waals surface area contributed by atoms with Gasteiger partial charge >= 0.3 is 0 Å². The first-order valence-corrected chi connectivity index (χ1v) is 10.3. The Morgan fingerprint density at radius 3 is 2.61 bits per heavy atom.